The van der Waals surface area contributed by atoms with E-state index in [0.717, 1.165) is 30.8 Å². The molecule has 0 radical (unpaired) electrons. The second-order valence-electron chi connectivity index (χ2n) is 8.40. The quantitative estimate of drug-likeness (QED) is 0.708. The fraction of sp³-hybridized carbons (Fsp3) is 0.636. The molecule has 32 heavy (non-hydrogen) atoms. The SMILES string of the molecule is COc1ccc(N2CCN(C(=O)C3CCCN(S(C)(=O)=O)CCC(=O)NCC3)CC2)cc1. The van der Waals surface area contributed by atoms with E-state index in [1.54, 1.807) is 7.11 Å². The highest BCUT2D eigenvalue weighted by Crippen LogP contribution is 2.22. The Bertz CT molecular complexity index is 882. The zero-order valence-electron chi connectivity index (χ0n) is 19.0. The van der Waals surface area contributed by atoms with Gasteiger partial charge in [-0.2, -0.15) is 0 Å². The molecule has 1 atom stereocenters. The molecule has 1 unspecified atom stereocenters. The second-order valence-corrected chi connectivity index (χ2v) is 10.4. The van der Waals surface area contributed by atoms with E-state index in [9.17, 15) is 18.0 Å². The maximum absolute atomic E-state index is 13.2. The molecular formula is C22H34N4O5S. The lowest BCUT2D eigenvalue weighted by atomic mass is 9.97. The van der Waals surface area contributed by atoms with Crippen LogP contribution in [0, 0.1) is 5.92 Å². The predicted octanol–water partition coefficient (Wildman–Crippen LogP) is 0.912. The molecule has 0 aromatic heterocycles. The van der Waals surface area contributed by atoms with Crippen molar-refractivity contribution in [2.45, 2.75) is 25.7 Å². The number of nitrogens with zero attached hydrogens (tertiary/aromatic N) is 3. The number of rotatable bonds is 4. The van der Waals surface area contributed by atoms with Gasteiger partial charge in [0, 0.05) is 63.8 Å². The molecule has 2 aliphatic rings. The van der Waals surface area contributed by atoms with Gasteiger partial charge in [-0.15, -0.1) is 0 Å². The third-order valence-corrected chi connectivity index (χ3v) is 7.51. The van der Waals surface area contributed by atoms with Gasteiger partial charge in [-0.1, -0.05) is 0 Å². The molecule has 2 amide bonds. The Hall–Kier alpha value is -2.33. The number of benzene rings is 1. The van der Waals surface area contributed by atoms with Crippen LogP contribution in [-0.4, -0.2) is 88.6 Å². The zero-order valence-corrected chi connectivity index (χ0v) is 19.8. The Balaban J connectivity index is 1.58. The largest absolute Gasteiger partial charge is 0.497 e. The van der Waals surface area contributed by atoms with E-state index in [4.69, 9.17) is 4.74 Å². The number of nitrogens with one attached hydrogen (secondary N) is 1. The lowest BCUT2D eigenvalue weighted by molar-refractivity contribution is -0.136. The number of carbonyl (C=O) groups is 2. The molecule has 1 N–H and O–H groups in total. The molecule has 1 aromatic carbocycles. The highest BCUT2D eigenvalue weighted by molar-refractivity contribution is 7.88. The van der Waals surface area contributed by atoms with Gasteiger partial charge >= 0.3 is 0 Å². The number of methoxy groups -OCH3 is 1. The number of carbonyl (C=O) groups excluding carboxylic acids is 2. The molecule has 0 bridgehead atoms. The Kier molecular flexibility index (Phi) is 8.36. The topological polar surface area (TPSA) is 99.3 Å². The van der Waals surface area contributed by atoms with Crippen LogP contribution in [0.2, 0.25) is 0 Å². The Morgan fingerprint density at radius 2 is 1.72 bits per heavy atom. The van der Waals surface area contributed by atoms with Crippen LogP contribution in [0.25, 0.3) is 0 Å². The van der Waals surface area contributed by atoms with Gasteiger partial charge in [0.2, 0.25) is 21.8 Å². The highest BCUT2D eigenvalue weighted by Gasteiger charge is 2.28. The van der Waals surface area contributed by atoms with Gasteiger partial charge in [0.1, 0.15) is 5.75 Å². The summed E-state index contributed by atoms with van der Waals surface area (Å²) in [6.45, 7) is 3.73. The van der Waals surface area contributed by atoms with Crippen molar-refractivity contribution in [1.82, 2.24) is 14.5 Å². The third-order valence-electron chi connectivity index (χ3n) is 6.21. The van der Waals surface area contributed by atoms with Crippen molar-refractivity contribution in [3.05, 3.63) is 24.3 Å². The summed E-state index contributed by atoms with van der Waals surface area (Å²) in [6, 6.07) is 7.92. The average molecular weight is 467 g/mol. The van der Waals surface area contributed by atoms with Gasteiger partial charge < -0.3 is 19.9 Å². The first kappa shape index (κ1) is 24.3. The van der Waals surface area contributed by atoms with Crippen molar-refractivity contribution in [2.24, 2.45) is 5.92 Å². The van der Waals surface area contributed by atoms with Crippen LogP contribution in [0.4, 0.5) is 5.69 Å². The van der Waals surface area contributed by atoms with Crippen molar-refractivity contribution in [3.63, 3.8) is 0 Å². The van der Waals surface area contributed by atoms with Gasteiger partial charge in [0.15, 0.2) is 0 Å². The average Bonchev–Trinajstić information content (AvgIpc) is 2.83. The van der Waals surface area contributed by atoms with Gasteiger partial charge in [-0.3, -0.25) is 9.59 Å². The first-order valence-corrected chi connectivity index (χ1v) is 13.0. The van der Waals surface area contributed by atoms with Crippen molar-refractivity contribution < 1.29 is 22.7 Å². The Morgan fingerprint density at radius 3 is 2.34 bits per heavy atom. The third kappa shape index (κ3) is 6.59. The zero-order chi connectivity index (χ0) is 23.1. The molecule has 0 saturated carbocycles. The minimum Gasteiger partial charge on any atom is -0.497 e. The van der Waals surface area contributed by atoms with Crippen LogP contribution in [0.1, 0.15) is 25.7 Å². The van der Waals surface area contributed by atoms with E-state index in [1.165, 1.54) is 4.31 Å². The lowest BCUT2D eigenvalue weighted by Gasteiger charge is -2.37. The van der Waals surface area contributed by atoms with E-state index in [1.807, 2.05) is 29.2 Å². The first-order chi connectivity index (χ1) is 15.3. The standard InChI is InChI=1S/C22H34N4O5S/c1-31-20-7-5-19(6-8-20)24-14-16-25(17-15-24)22(28)18-4-3-12-26(32(2,29)30)13-10-21(27)23-11-9-18/h5-8,18H,3-4,9-17H2,1-2H3,(H,23,27). The monoisotopic (exact) mass is 466 g/mol. The molecule has 2 aliphatic heterocycles. The van der Waals surface area contributed by atoms with Crippen LogP contribution < -0.4 is 15.0 Å². The number of piperazine rings is 1. The summed E-state index contributed by atoms with van der Waals surface area (Å²) in [5.74, 6) is 0.511. The van der Waals surface area contributed by atoms with Gasteiger partial charge in [-0.05, 0) is 43.5 Å². The van der Waals surface area contributed by atoms with Gasteiger partial charge in [-0.25, -0.2) is 12.7 Å². The summed E-state index contributed by atoms with van der Waals surface area (Å²) in [4.78, 5) is 29.4. The van der Waals surface area contributed by atoms with E-state index >= 15 is 0 Å². The minimum atomic E-state index is -3.38. The number of hydrogen-bond acceptors (Lipinski definition) is 6. The highest BCUT2D eigenvalue weighted by atomic mass is 32.2. The van der Waals surface area contributed by atoms with Gasteiger partial charge in [0.25, 0.3) is 0 Å². The molecule has 2 heterocycles. The number of ether oxygens (including phenoxy) is 1. The van der Waals surface area contributed by atoms with Crippen LogP contribution in [0.15, 0.2) is 24.3 Å². The van der Waals surface area contributed by atoms with E-state index in [2.05, 4.69) is 10.2 Å². The van der Waals surface area contributed by atoms with Crippen molar-refractivity contribution in [1.29, 1.82) is 0 Å². The second kappa shape index (κ2) is 11.0. The Labute approximate surface area is 190 Å². The fourth-order valence-corrected chi connectivity index (χ4v) is 5.17. The minimum absolute atomic E-state index is 0.0961. The first-order valence-electron chi connectivity index (χ1n) is 11.2. The number of anilines is 1. The molecular weight excluding hydrogens is 432 g/mol. The van der Waals surface area contributed by atoms with Gasteiger partial charge in [0.05, 0.1) is 13.4 Å². The molecule has 10 heteroatoms. The fourth-order valence-electron chi connectivity index (χ4n) is 4.29. The number of sulfonamides is 1. The maximum Gasteiger partial charge on any atom is 0.225 e. The van der Waals surface area contributed by atoms with Crippen LogP contribution >= 0.6 is 0 Å². The molecule has 3 rings (SSSR count). The normalized spacial score (nSPS) is 22.1. The van der Waals surface area contributed by atoms with Crippen LogP contribution in [-0.2, 0) is 19.6 Å². The summed E-state index contributed by atoms with van der Waals surface area (Å²) in [7, 11) is -1.74. The molecule has 1 aromatic rings. The molecule has 9 nitrogen and oxygen atoms in total. The maximum atomic E-state index is 13.2. The summed E-state index contributed by atoms with van der Waals surface area (Å²) < 4.78 is 30.5. The number of hydrogen-bond donors (Lipinski definition) is 1. The van der Waals surface area contributed by atoms with E-state index < -0.39 is 10.0 Å². The molecule has 2 saturated heterocycles. The molecule has 2 fully saturated rings. The predicted molar refractivity (Wildman–Crippen MR) is 123 cm³/mol. The Morgan fingerprint density at radius 1 is 1.03 bits per heavy atom. The lowest BCUT2D eigenvalue weighted by Crippen LogP contribution is -2.50. The van der Waals surface area contributed by atoms with Crippen molar-refractivity contribution in [3.8, 4) is 5.75 Å². The number of amides is 2. The summed E-state index contributed by atoms with van der Waals surface area (Å²) in [6.07, 6.45) is 3.08. The molecule has 0 spiro atoms. The smallest absolute Gasteiger partial charge is 0.225 e. The summed E-state index contributed by atoms with van der Waals surface area (Å²) >= 11 is 0. The summed E-state index contributed by atoms with van der Waals surface area (Å²) in [5.41, 5.74) is 1.11. The van der Waals surface area contributed by atoms with Crippen molar-refractivity contribution in [2.75, 3.05) is 64.1 Å². The molecule has 0 aliphatic carbocycles. The molecule has 178 valence electrons. The van der Waals surface area contributed by atoms with Crippen molar-refractivity contribution >= 4 is 27.5 Å². The summed E-state index contributed by atoms with van der Waals surface area (Å²) in [5, 5.41) is 2.83. The van der Waals surface area contributed by atoms with Crippen LogP contribution in [0.3, 0.4) is 0 Å². The van der Waals surface area contributed by atoms with E-state index in [0.29, 0.717) is 45.4 Å². The van der Waals surface area contributed by atoms with E-state index in [-0.39, 0.29) is 30.7 Å². The van der Waals surface area contributed by atoms with Crippen LogP contribution in [0.5, 0.6) is 5.75 Å².